The standard InChI is InChI=1S/C18H18ClNO3/c1-3-22-17-9-12-8-11(2)23-16(12)10-15(17)20-18(21)13-6-4-5-7-14(13)19/h4-7,9-11H,3,8H2,1-2H3,(H,20,21). The van der Waals surface area contributed by atoms with Gasteiger partial charge in [-0.3, -0.25) is 4.79 Å². The molecule has 0 bridgehead atoms. The van der Waals surface area contributed by atoms with Gasteiger partial charge in [-0.25, -0.2) is 0 Å². The third kappa shape index (κ3) is 3.27. The van der Waals surface area contributed by atoms with Crippen molar-refractivity contribution in [3.8, 4) is 11.5 Å². The van der Waals surface area contributed by atoms with Gasteiger partial charge in [-0.15, -0.1) is 0 Å². The van der Waals surface area contributed by atoms with Crippen molar-refractivity contribution >= 4 is 23.2 Å². The average molecular weight is 332 g/mol. The summed E-state index contributed by atoms with van der Waals surface area (Å²) in [5.74, 6) is 1.15. The summed E-state index contributed by atoms with van der Waals surface area (Å²) < 4.78 is 11.4. The van der Waals surface area contributed by atoms with Crippen LogP contribution in [-0.2, 0) is 6.42 Å². The Balaban J connectivity index is 1.91. The second kappa shape index (κ2) is 6.50. The second-order valence-corrected chi connectivity index (χ2v) is 5.86. The van der Waals surface area contributed by atoms with E-state index in [4.69, 9.17) is 21.1 Å². The second-order valence-electron chi connectivity index (χ2n) is 5.46. The van der Waals surface area contributed by atoms with Crippen LogP contribution in [0.15, 0.2) is 36.4 Å². The van der Waals surface area contributed by atoms with Gasteiger partial charge in [0.25, 0.3) is 5.91 Å². The molecule has 0 spiro atoms. The third-order valence-electron chi connectivity index (χ3n) is 3.66. The van der Waals surface area contributed by atoms with Gasteiger partial charge in [0.15, 0.2) is 0 Å². The van der Waals surface area contributed by atoms with Crippen molar-refractivity contribution in [3.63, 3.8) is 0 Å². The van der Waals surface area contributed by atoms with Gasteiger partial charge >= 0.3 is 0 Å². The number of ether oxygens (including phenoxy) is 2. The van der Waals surface area contributed by atoms with Gasteiger partial charge in [0.05, 0.1) is 22.9 Å². The SMILES string of the molecule is CCOc1cc2c(cc1NC(=O)c1ccccc1Cl)OC(C)C2. The minimum Gasteiger partial charge on any atom is -0.492 e. The van der Waals surface area contributed by atoms with Gasteiger partial charge in [0, 0.05) is 18.1 Å². The van der Waals surface area contributed by atoms with Gasteiger partial charge in [-0.05, 0) is 32.0 Å². The van der Waals surface area contributed by atoms with E-state index in [1.54, 1.807) is 24.3 Å². The predicted octanol–water partition coefficient (Wildman–Crippen LogP) is 4.31. The summed E-state index contributed by atoms with van der Waals surface area (Å²) in [6, 6.07) is 10.7. The summed E-state index contributed by atoms with van der Waals surface area (Å²) in [4.78, 5) is 12.5. The molecule has 0 radical (unpaired) electrons. The first-order valence-corrected chi connectivity index (χ1v) is 7.98. The number of hydrogen-bond donors (Lipinski definition) is 1. The third-order valence-corrected chi connectivity index (χ3v) is 3.99. The maximum atomic E-state index is 12.5. The normalized spacial score (nSPS) is 15.7. The van der Waals surface area contributed by atoms with Gasteiger partial charge in [0.1, 0.15) is 17.6 Å². The molecule has 23 heavy (non-hydrogen) atoms. The minimum absolute atomic E-state index is 0.133. The lowest BCUT2D eigenvalue weighted by Gasteiger charge is -2.14. The highest BCUT2D eigenvalue weighted by atomic mass is 35.5. The van der Waals surface area contributed by atoms with Crippen LogP contribution < -0.4 is 14.8 Å². The van der Waals surface area contributed by atoms with Crippen molar-refractivity contribution in [1.29, 1.82) is 0 Å². The summed E-state index contributed by atoms with van der Waals surface area (Å²) in [5, 5.41) is 3.28. The zero-order valence-electron chi connectivity index (χ0n) is 13.1. The molecule has 4 nitrogen and oxygen atoms in total. The number of anilines is 1. The number of benzene rings is 2. The quantitative estimate of drug-likeness (QED) is 0.907. The van der Waals surface area contributed by atoms with Gasteiger partial charge < -0.3 is 14.8 Å². The van der Waals surface area contributed by atoms with Crippen LogP contribution in [0.5, 0.6) is 11.5 Å². The molecule has 3 rings (SSSR count). The molecule has 1 atom stereocenters. The molecule has 1 amide bonds. The molecular weight excluding hydrogens is 314 g/mol. The number of fused-ring (bicyclic) bond motifs is 1. The van der Waals surface area contributed by atoms with Gasteiger partial charge in [-0.1, -0.05) is 23.7 Å². The monoisotopic (exact) mass is 331 g/mol. The smallest absolute Gasteiger partial charge is 0.257 e. The van der Waals surface area contributed by atoms with E-state index in [0.29, 0.717) is 28.6 Å². The molecule has 1 heterocycles. The zero-order chi connectivity index (χ0) is 16.4. The van der Waals surface area contributed by atoms with Crippen LogP contribution >= 0.6 is 11.6 Å². The Morgan fingerprint density at radius 2 is 2.17 bits per heavy atom. The predicted molar refractivity (Wildman–Crippen MR) is 90.8 cm³/mol. The van der Waals surface area contributed by atoms with Crippen LogP contribution in [-0.4, -0.2) is 18.6 Å². The van der Waals surface area contributed by atoms with E-state index in [1.165, 1.54) is 0 Å². The molecule has 5 heteroatoms. The topological polar surface area (TPSA) is 47.6 Å². The molecule has 1 aliphatic rings. The Morgan fingerprint density at radius 3 is 2.91 bits per heavy atom. The molecule has 120 valence electrons. The number of hydrogen-bond acceptors (Lipinski definition) is 3. The maximum Gasteiger partial charge on any atom is 0.257 e. The van der Waals surface area contributed by atoms with Crippen molar-refractivity contribution in [1.82, 2.24) is 0 Å². The zero-order valence-corrected chi connectivity index (χ0v) is 13.8. The van der Waals surface area contributed by atoms with Gasteiger partial charge in [-0.2, -0.15) is 0 Å². The molecule has 2 aromatic carbocycles. The van der Waals surface area contributed by atoms with E-state index < -0.39 is 0 Å². The number of nitrogens with one attached hydrogen (secondary N) is 1. The fraction of sp³-hybridized carbons (Fsp3) is 0.278. The molecule has 0 fully saturated rings. The highest BCUT2D eigenvalue weighted by Gasteiger charge is 2.23. The lowest BCUT2D eigenvalue weighted by Crippen LogP contribution is -2.13. The summed E-state index contributed by atoms with van der Waals surface area (Å²) in [5.41, 5.74) is 2.10. The Labute approximate surface area is 140 Å². The number of rotatable bonds is 4. The lowest BCUT2D eigenvalue weighted by molar-refractivity contribution is 0.102. The van der Waals surface area contributed by atoms with Crippen LogP contribution in [0.25, 0.3) is 0 Å². The van der Waals surface area contributed by atoms with Crippen LogP contribution in [0.4, 0.5) is 5.69 Å². The van der Waals surface area contributed by atoms with Crippen molar-refractivity contribution in [2.75, 3.05) is 11.9 Å². The Morgan fingerprint density at radius 1 is 1.39 bits per heavy atom. The molecule has 0 aliphatic carbocycles. The van der Waals surface area contributed by atoms with E-state index >= 15 is 0 Å². The first-order valence-electron chi connectivity index (χ1n) is 7.60. The summed E-state index contributed by atoms with van der Waals surface area (Å²) in [6.45, 7) is 4.44. The molecule has 0 saturated heterocycles. The van der Waals surface area contributed by atoms with Crippen molar-refractivity contribution < 1.29 is 14.3 Å². The highest BCUT2D eigenvalue weighted by molar-refractivity contribution is 6.34. The first-order chi connectivity index (χ1) is 11.1. The summed E-state index contributed by atoms with van der Waals surface area (Å²) in [6.07, 6.45) is 0.975. The number of carbonyl (C=O) groups excluding carboxylic acids is 1. The molecule has 1 aliphatic heterocycles. The van der Waals surface area contributed by atoms with Crippen molar-refractivity contribution in [2.45, 2.75) is 26.4 Å². The molecular formula is C18H18ClNO3. The largest absolute Gasteiger partial charge is 0.492 e. The van der Waals surface area contributed by atoms with Crippen molar-refractivity contribution in [2.24, 2.45) is 0 Å². The van der Waals surface area contributed by atoms with E-state index in [1.807, 2.05) is 26.0 Å². The van der Waals surface area contributed by atoms with E-state index in [-0.39, 0.29) is 12.0 Å². The van der Waals surface area contributed by atoms with Crippen LogP contribution in [0, 0.1) is 0 Å². The van der Waals surface area contributed by atoms with Crippen LogP contribution in [0.3, 0.4) is 0 Å². The highest BCUT2D eigenvalue weighted by Crippen LogP contribution is 2.38. The van der Waals surface area contributed by atoms with E-state index in [2.05, 4.69) is 5.32 Å². The average Bonchev–Trinajstić information content (AvgIpc) is 2.87. The Hall–Kier alpha value is -2.20. The van der Waals surface area contributed by atoms with Crippen LogP contribution in [0.2, 0.25) is 5.02 Å². The first kappa shape index (κ1) is 15.7. The van der Waals surface area contributed by atoms with Gasteiger partial charge in [0.2, 0.25) is 0 Å². The van der Waals surface area contributed by atoms with Crippen LogP contribution in [0.1, 0.15) is 29.8 Å². The summed E-state index contributed by atoms with van der Waals surface area (Å²) in [7, 11) is 0. The fourth-order valence-electron chi connectivity index (χ4n) is 2.65. The molecule has 1 unspecified atom stereocenters. The molecule has 0 saturated carbocycles. The molecule has 0 aromatic heterocycles. The van der Waals surface area contributed by atoms with Crippen molar-refractivity contribution in [3.05, 3.63) is 52.5 Å². The Bertz CT molecular complexity index is 745. The maximum absolute atomic E-state index is 12.5. The number of carbonyl (C=O) groups is 1. The van der Waals surface area contributed by atoms with E-state index in [0.717, 1.165) is 17.7 Å². The fourth-order valence-corrected chi connectivity index (χ4v) is 2.87. The number of amides is 1. The van der Waals surface area contributed by atoms with E-state index in [9.17, 15) is 4.79 Å². The molecule has 2 aromatic rings. The number of halogens is 1. The minimum atomic E-state index is -0.275. The summed E-state index contributed by atoms with van der Waals surface area (Å²) >= 11 is 6.08. The lowest BCUT2D eigenvalue weighted by atomic mass is 10.1. The molecule has 1 N–H and O–H groups in total. The Kier molecular flexibility index (Phi) is 4.44.